The maximum absolute atomic E-state index is 13.8. The molecule has 0 spiro atoms. The van der Waals surface area contributed by atoms with Crippen LogP contribution in [0.4, 0.5) is 5.69 Å². The van der Waals surface area contributed by atoms with E-state index in [0.717, 1.165) is 66.4 Å². The first-order chi connectivity index (χ1) is 32.1. The molecule has 4 aromatic rings. The van der Waals surface area contributed by atoms with E-state index < -0.39 is 10.3 Å². The quantitative estimate of drug-likeness (QED) is 0.0174. The van der Waals surface area contributed by atoms with Gasteiger partial charge in [-0.2, -0.15) is 0 Å². The van der Waals surface area contributed by atoms with Crippen molar-refractivity contribution < 1.29 is 28.7 Å². The van der Waals surface area contributed by atoms with Crippen molar-refractivity contribution in [1.29, 1.82) is 0 Å². The summed E-state index contributed by atoms with van der Waals surface area (Å²) < 4.78 is 18.4. The number of para-hydroxylation sites is 1. The van der Waals surface area contributed by atoms with Gasteiger partial charge >= 0.3 is 5.97 Å². The normalized spacial score (nSPS) is 15.4. The van der Waals surface area contributed by atoms with Crippen molar-refractivity contribution in [2.24, 2.45) is 0 Å². The second-order valence-corrected chi connectivity index (χ2v) is 20.7. The number of ether oxygens (including phenoxy) is 3. The Kier molecular flexibility index (Phi) is 19.9. The number of fused-ring (bicyclic) bond motifs is 1. The van der Waals surface area contributed by atoms with Gasteiger partial charge in [0.15, 0.2) is 5.78 Å². The summed E-state index contributed by atoms with van der Waals surface area (Å²) in [6.45, 7) is 10.6. The zero-order chi connectivity index (χ0) is 46.7. The van der Waals surface area contributed by atoms with E-state index in [1.165, 1.54) is 108 Å². The molecule has 2 aliphatic rings. The number of nitro groups is 1. The van der Waals surface area contributed by atoms with Gasteiger partial charge in [-0.3, -0.25) is 19.7 Å². The SMILES string of the molecule is CCCCCCCCCCOc1csc(-c2cc(CC(=O)OCCN3/C(=C\C=C4\C=C([N+](=O)[O-])C=CC4=O)C(C)(C)c4ccccc43)c(-c3cc(OCCCCCCCCCC)cs3)s2)c1. The summed E-state index contributed by atoms with van der Waals surface area (Å²) in [5.41, 5.74) is 3.54. The van der Waals surface area contributed by atoms with E-state index in [4.69, 9.17) is 14.2 Å². The van der Waals surface area contributed by atoms with Crippen LogP contribution in [0.25, 0.3) is 19.5 Å². The molecule has 0 radical (unpaired) electrons. The number of anilines is 1. The summed E-state index contributed by atoms with van der Waals surface area (Å²) >= 11 is 4.99. The molecule has 0 atom stereocenters. The molecular weight excluding hydrogens is 885 g/mol. The summed E-state index contributed by atoms with van der Waals surface area (Å²) in [5, 5.41) is 15.6. The second-order valence-electron chi connectivity index (χ2n) is 17.8. The van der Waals surface area contributed by atoms with Crippen molar-refractivity contribution in [2.75, 3.05) is 31.3 Å². The molecule has 4 heterocycles. The fraction of sp³-hybridized carbons (Fsp3) is 0.481. The van der Waals surface area contributed by atoms with Crippen LogP contribution < -0.4 is 14.4 Å². The Balaban J connectivity index is 1.12. The van der Waals surface area contributed by atoms with Crippen LogP contribution in [0, 0.1) is 10.1 Å². The monoisotopic (exact) mass is 952 g/mol. The number of ketones is 1. The minimum absolute atomic E-state index is 0.114. The minimum Gasteiger partial charge on any atom is -0.493 e. The first kappa shape index (κ1) is 50.6. The fourth-order valence-corrected chi connectivity index (χ4v) is 11.6. The summed E-state index contributed by atoms with van der Waals surface area (Å²) in [5.74, 6) is 1.13. The highest BCUT2D eigenvalue weighted by atomic mass is 32.1. The number of nitrogens with zero attached hydrogens (tertiary/aromatic N) is 2. The third-order valence-electron chi connectivity index (χ3n) is 12.3. The van der Waals surface area contributed by atoms with Gasteiger partial charge in [0.25, 0.3) is 5.70 Å². The molecule has 0 N–H and O–H groups in total. The molecule has 3 aromatic heterocycles. The molecule has 1 aliphatic heterocycles. The van der Waals surface area contributed by atoms with E-state index in [1.54, 1.807) is 40.1 Å². The third-order valence-corrected chi connectivity index (χ3v) is 15.7. The number of carbonyl (C=O) groups is 2. The number of unbranched alkanes of at least 4 members (excludes halogenated alkanes) is 14. The Morgan fingerprint density at radius 1 is 0.742 bits per heavy atom. The second kappa shape index (κ2) is 25.9. The number of rotatable bonds is 29. The molecular formula is C54H68N2O7S3. The number of hydrogen-bond donors (Lipinski definition) is 0. The molecule has 0 saturated carbocycles. The molecule has 354 valence electrons. The Morgan fingerprint density at radius 2 is 1.33 bits per heavy atom. The Bertz CT molecular complexity index is 2340. The molecule has 0 saturated heterocycles. The number of benzene rings is 1. The highest BCUT2D eigenvalue weighted by Crippen LogP contribution is 2.48. The molecule has 0 amide bonds. The summed E-state index contributed by atoms with van der Waals surface area (Å²) in [6.07, 6.45) is 27.4. The number of esters is 1. The van der Waals surface area contributed by atoms with Gasteiger partial charge in [-0.15, -0.1) is 34.0 Å². The molecule has 12 heteroatoms. The molecule has 6 rings (SSSR count). The Hall–Kier alpha value is -4.78. The fourth-order valence-electron chi connectivity index (χ4n) is 8.57. The van der Waals surface area contributed by atoms with Crippen LogP contribution in [0.5, 0.6) is 11.5 Å². The van der Waals surface area contributed by atoms with E-state index >= 15 is 0 Å². The number of carbonyl (C=O) groups excluding carboxylic acids is 2. The molecule has 0 unspecified atom stereocenters. The van der Waals surface area contributed by atoms with Gasteiger partial charge in [-0.1, -0.05) is 136 Å². The van der Waals surface area contributed by atoms with E-state index in [1.807, 2.05) is 24.3 Å². The number of allylic oxidation sites excluding steroid dienone is 7. The van der Waals surface area contributed by atoms with Crippen LogP contribution in [0.2, 0.25) is 0 Å². The highest BCUT2D eigenvalue weighted by Gasteiger charge is 2.39. The van der Waals surface area contributed by atoms with Crippen LogP contribution in [-0.4, -0.2) is 43.0 Å². The van der Waals surface area contributed by atoms with Gasteiger partial charge in [0.05, 0.1) is 31.1 Å². The van der Waals surface area contributed by atoms with Crippen LogP contribution in [-0.2, 0) is 26.2 Å². The van der Waals surface area contributed by atoms with Gasteiger partial charge < -0.3 is 19.1 Å². The lowest BCUT2D eigenvalue weighted by molar-refractivity contribution is -0.419. The van der Waals surface area contributed by atoms with E-state index in [0.29, 0.717) is 19.8 Å². The van der Waals surface area contributed by atoms with Gasteiger partial charge in [0.2, 0.25) is 0 Å². The molecule has 1 aliphatic carbocycles. The summed E-state index contributed by atoms with van der Waals surface area (Å²) in [7, 11) is 0. The smallest absolute Gasteiger partial charge is 0.310 e. The van der Waals surface area contributed by atoms with E-state index in [9.17, 15) is 19.7 Å². The van der Waals surface area contributed by atoms with E-state index in [2.05, 4.69) is 67.6 Å². The standard InChI is InChI=1S/C54H68N2O7S3/c1-5-7-9-11-13-15-17-21-30-61-43-36-48(64-38-43)49-34-41(53(66-49)50-37-44(39-65-50)62-31-22-18-16-14-12-10-8-6-2)35-52(58)63-32-29-55-46-24-20-19-23-45(46)54(3,4)51(55)28-25-40-33-42(56(59)60)26-27-47(40)57/h19-20,23-28,33-34,36-39H,5-18,21-22,29-32,35H2,1-4H3/b40-25-,51-28-. The largest absolute Gasteiger partial charge is 0.493 e. The van der Waals surface area contributed by atoms with Crippen LogP contribution >= 0.6 is 34.0 Å². The molecule has 0 fully saturated rings. The summed E-state index contributed by atoms with van der Waals surface area (Å²) in [4.78, 5) is 43.9. The van der Waals surface area contributed by atoms with Gasteiger partial charge in [-0.05, 0) is 66.5 Å². The van der Waals surface area contributed by atoms with Crippen molar-refractivity contribution >= 4 is 51.5 Å². The van der Waals surface area contributed by atoms with Crippen LogP contribution in [0.15, 0.2) is 101 Å². The molecule has 9 nitrogen and oxygen atoms in total. The lowest BCUT2D eigenvalue weighted by Crippen LogP contribution is -2.30. The van der Waals surface area contributed by atoms with Crippen molar-refractivity contribution in [3.63, 3.8) is 0 Å². The topological polar surface area (TPSA) is 108 Å². The van der Waals surface area contributed by atoms with Crippen molar-refractivity contribution in [3.8, 4) is 31.0 Å². The van der Waals surface area contributed by atoms with Crippen LogP contribution in [0.1, 0.15) is 142 Å². The Morgan fingerprint density at radius 3 is 1.97 bits per heavy atom. The average Bonchev–Trinajstić information content (AvgIpc) is 4.11. The predicted octanol–water partition coefficient (Wildman–Crippen LogP) is 15.2. The zero-order valence-electron chi connectivity index (χ0n) is 39.4. The maximum atomic E-state index is 13.8. The maximum Gasteiger partial charge on any atom is 0.310 e. The van der Waals surface area contributed by atoms with Gasteiger partial charge in [0.1, 0.15) is 18.1 Å². The minimum atomic E-state index is -0.502. The van der Waals surface area contributed by atoms with Gasteiger partial charge in [-0.25, -0.2) is 0 Å². The lowest BCUT2D eigenvalue weighted by atomic mass is 9.83. The van der Waals surface area contributed by atoms with Gasteiger partial charge in [0, 0.05) is 64.8 Å². The molecule has 1 aromatic carbocycles. The van der Waals surface area contributed by atoms with Crippen molar-refractivity contribution in [1.82, 2.24) is 0 Å². The average molecular weight is 953 g/mol. The molecule has 0 bridgehead atoms. The first-order valence-electron chi connectivity index (χ1n) is 24.2. The molecule has 66 heavy (non-hydrogen) atoms. The Labute approximate surface area is 404 Å². The predicted molar refractivity (Wildman–Crippen MR) is 274 cm³/mol. The first-order valence-corrected chi connectivity index (χ1v) is 26.8. The van der Waals surface area contributed by atoms with Crippen molar-refractivity contribution in [2.45, 2.75) is 142 Å². The van der Waals surface area contributed by atoms with Crippen LogP contribution in [0.3, 0.4) is 0 Å². The number of hydrogen-bond acceptors (Lipinski definition) is 11. The van der Waals surface area contributed by atoms with E-state index in [-0.39, 0.29) is 36.1 Å². The number of thiophene rings is 3. The lowest BCUT2D eigenvalue weighted by Gasteiger charge is -2.27. The van der Waals surface area contributed by atoms with Crippen molar-refractivity contribution in [3.05, 3.63) is 122 Å². The third kappa shape index (κ3) is 14.4. The highest BCUT2D eigenvalue weighted by molar-refractivity contribution is 7.26. The summed E-state index contributed by atoms with van der Waals surface area (Å²) in [6, 6.07) is 14.4. The zero-order valence-corrected chi connectivity index (χ0v) is 41.9.